The summed E-state index contributed by atoms with van der Waals surface area (Å²) in [7, 11) is -7.24. The number of benzene rings is 1. The van der Waals surface area contributed by atoms with E-state index in [0.717, 1.165) is 19.3 Å². The van der Waals surface area contributed by atoms with E-state index in [1.54, 1.807) is 38.1 Å². The number of hydrogen-bond donors (Lipinski definition) is 1. The average Bonchev–Trinajstić information content (AvgIpc) is 2.62. The van der Waals surface area contributed by atoms with Crippen molar-refractivity contribution in [1.82, 2.24) is 13.3 Å². The zero-order valence-electron chi connectivity index (χ0n) is 14.8. The van der Waals surface area contributed by atoms with E-state index in [1.807, 2.05) is 0 Å². The van der Waals surface area contributed by atoms with Crippen molar-refractivity contribution in [2.75, 3.05) is 26.2 Å². The number of sulfonamides is 1. The van der Waals surface area contributed by atoms with Crippen LogP contribution < -0.4 is 4.72 Å². The molecule has 0 aliphatic carbocycles. The van der Waals surface area contributed by atoms with E-state index in [0.29, 0.717) is 31.7 Å². The molecule has 7 nitrogen and oxygen atoms in total. The highest BCUT2D eigenvalue weighted by Gasteiger charge is 2.28. The molecule has 0 spiro atoms. The number of rotatable bonds is 8. The molecular formula is C16H27N3O4S2. The summed E-state index contributed by atoms with van der Waals surface area (Å²) in [5.41, 5.74) is 0.462. The van der Waals surface area contributed by atoms with Crippen LogP contribution in [0.5, 0.6) is 0 Å². The summed E-state index contributed by atoms with van der Waals surface area (Å²) in [5.74, 6) is 0. The highest BCUT2D eigenvalue weighted by molar-refractivity contribution is 7.89. The first kappa shape index (κ1) is 20.3. The molecule has 1 aliphatic heterocycles. The van der Waals surface area contributed by atoms with Gasteiger partial charge in [-0.15, -0.1) is 0 Å². The molecular weight excluding hydrogens is 362 g/mol. The number of hydrogen-bond acceptors (Lipinski definition) is 4. The molecule has 0 atom stereocenters. The summed E-state index contributed by atoms with van der Waals surface area (Å²) in [6, 6.07) is 6.59. The van der Waals surface area contributed by atoms with Gasteiger partial charge >= 0.3 is 0 Å². The summed E-state index contributed by atoms with van der Waals surface area (Å²) >= 11 is 0. The van der Waals surface area contributed by atoms with Crippen molar-refractivity contribution < 1.29 is 16.8 Å². The Morgan fingerprint density at radius 1 is 1.00 bits per heavy atom. The first-order valence-electron chi connectivity index (χ1n) is 8.65. The molecule has 0 bridgehead atoms. The lowest BCUT2D eigenvalue weighted by Gasteiger charge is -2.27. The van der Waals surface area contributed by atoms with Gasteiger partial charge in [-0.25, -0.2) is 8.42 Å². The van der Waals surface area contributed by atoms with Gasteiger partial charge in [0.25, 0.3) is 10.2 Å². The third kappa shape index (κ3) is 4.79. The van der Waals surface area contributed by atoms with Gasteiger partial charge in [0, 0.05) is 32.7 Å². The molecule has 1 heterocycles. The molecule has 1 fully saturated rings. The molecule has 2 rings (SSSR count). The van der Waals surface area contributed by atoms with Crippen LogP contribution in [0.2, 0.25) is 0 Å². The minimum absolute atomic E-state index is 0.0535. The average molecular weight is 390 g/mol. The fourth-order valence-electron chi connectivity index (χ4n) is 2.97. The van der Waals surface area contributed by atoms with Gasteiger partial charge in [-0.3, -0.25) is 0 Å². The lowest BCUT2D eigenvalue weighted by Crippen LogP contribution is -2.40. The van der Waals surface area contributed by atoms with Crippen LogP contribution in [0.25, 0.3) is 0 Å². The van der Waals surface area contributed by atoms with Crippen LogP contribution in [0, 0.1) is 0 Å². The minimum atomic E-state index is -3.63. The van der Waals surface area contributed by atoms with Crippen LogP contribution >= 0.6 is 0 Å². The van der Waals surface area contributed by atoms with Crippen LogP contribution in [0.1, 0.15) is 38.7 Å². The van der Waals surface area contributed by atoms with Crippen molar-refractivity contribution >= 4 is 20.2 Å². The minimum Gasteiger partial charge on any atom is -0.207 e. The zero-order chi connectivity index (χ0) is 18.5. The summed E-state index contributed by atoms with van der Waals surface area (Å²) in [6.07, 6.45) is 2.75. The predicted molar refractivity (Wildman–Crippen MR) is 97.7 cm³/mol. The second kappa shape index (κ2) is 8.59. The van der Waals surface area contributed by atoms with E-state index in [4.69, 9.17) is 0 Å². The number of nitrogens with one attached hydrogen (secondary N) is 1. The Morgan fingerprint density at radius 2 is 1.60 bits per heavy atom. The maximum Gasteiger partial charge on any atom is 0.279 e. The van der Waals surface area contributed by atoms with Crippen LogP contribution in [-0.2, 0) is 26.8 Å². The van der Waals surface area contributed by atoms with Gasteiger partial charge < -0.3 is 0 Å². The maximum atomic E-state index is 12.9. The molecule has 0 amide bonds. The van der Waals surface area contributed by atoms with Gasteiger partial charge in [0.1, 0.15) is 0 Å². The molecule has 1 N–H and O–H groups in total. The van der Waals surface area contributed by atoms with Crippen molar-refractivity contribution in [3.63, 3.8) is 0 Å². The SMILES string of the molecule is CCN(CC)S(=O)(=O)NCc1ccccc1S(=O)(=O)N1CCCCC1. The van der Waals surface area contributed by atoms with E-state index in [-0.39, 0.29) is 11.4 Å². The third-order valence-electron chi connectivity index (χ3n) is 4.40. The van der Waals surface area contributed by atoms with Crippen molar-refractivity contribution in [3.8, 4) is 0 Å². The van der Waals surface area contributed by atoms with Crippen molar-refractivity contribution in [2.45, 2.75) is 44.6 Å². The van der Waals surface area contributed by atoms with Crippen molar-refractivity contribution in [1.29, 1.82) is 0 Å². The highest BCUT2D eigenvalue weighted by Crippen LogP contribution is 2.23. The van der Waals surface area contributed by atoms with E-state index in [9.17, 15) is 16.8 Å². The van der Waals surface area contributed by atoms with E-state index < -0.39 is 20.2 Å². The third-order valence-corrected chi connectivity index (χ3v) is 8.10. The summed E-state index contributed by atoms with van der Waals surface area (Å²) in [5, 5.41) is 0. The molecule has 0 radical (unpaired) electrons. The fraction of sp³-hybridized carbons (Fsp3) is 0.625. The molecule has 0 saturated carbocycles. The molecule has 1 aromatic carbocycles. The van der Waals surface area contributed by atoms with E-state index in [2.05, 4.69) is 4.72 Å². The van der Waals surface area contributed by atoms with Crippen LogP contribution in [-0.4, -0.2) is 51.6 Å². The van der Waals surface area contributed by atoms with Crippen LogP contribution in [0.3, 0.4) is 0 Å². The second-order valence-electron chi connectivity index (χ2n) is 5.98. The molecule has 0 aromatic heterocycles. The monoisotopic (exact) mass is 389 g/mol. The van der Waals surface area contributed by atoms with Crippen LogP contribution in [0.4, 0.5) is 0 Å². The van der Waals surface area contributed by atoms with Gasteiger partial charge in [0.05, 0.1) is 4.90 Å². The van der Waals surface area contributed by atoms with Crippen molar-refractivity contribution in [2.24, 2.45) is 0 Å². The Hall–Kier alpha value is -1.00. The quantitative estimate of drug-likeness (QED) is 0.731. The largest absolute Gasteiger partial charge is 0.279 e. The molecule has 1 aromatic rings. The first-order valence-corrected chi connectivity index (χ1v) is 11.5. The van der Waals surface area contributed by atoms with E-state index in [1.165, 1.54) is 8.61 Å². The lowest BCUT2D eigenvalue weighted by molar-refractivity contribution is 0.346. The molecule has 1 aliphatic rings. The second-order valence-corrected chi connectivity index (χ2v) is 9.64. The molecule has 25 heavy (non-hydrogen) atoms. The Morgan fingerprint density at radius 3 is 2.20 bits per heavy atom. The normalized spacial score (nSPS) is 17.1. The number of piperidine rings is 1. The Balaban J connectivity index is 2.23. The smallest absolute Gasteiger partial charge is 0.207 e. The van der Waals surface area contributed by atoms with Crippen LogP contribution in [0.15, 0.2) is 29.2 Å². The topological polar surface area (TPSA) is 86.8 Å². The Kier molecular flexibility index (Phi) is 6.98. The zero-order valence-corrected chi connectivity index (χ0v) is 16.4. The van der Waals surface area contributed by atoms with E-state index >= 15 is 0 Å². The van der Waals surface area contributed by atoms with Gasteiger partial charge in [-0.1, -0.05) is 38.5 Å². The lowest BCUT2D eigenvalue weighted by atomic mass is 10.2. The predicted octanol–water partition coefficient (Wildman–Crippen LogP) is 1.54. The first-order chi connectivity index (χ1) is 11.8. The summed E-state index contributed by atoms with van der Waals surface area (Å²) in [6.45, 7) is 5.22. The molecule has 142 valence electrons. The summed E-state index contributed by atoms with van der Waals surface area (Å²) < 4.78 is 55.7. The van der Waals surface area contributed by atoms with Gasteiger partial charge in [-0.2, -0.15) is 21.8 Å². The van der Waals surface area contributed by atoms with Crippen molar-refractivity contribution in [3.05, 3.63) is 29.8 Å². The van der Waals surface area contributed by atoms with Gasteiger partial charge in [0.15, 0.2) is 0 Å². The Labute approximate surface area is 151 Å². The Bertz CT molecular complexity index is 768. The number of nitrogens with zero attached hydrogens (tertiary/aromatic N) is 2. The highest BCUT2D eigenvalue weighted by atomic mass is 32.2. The summed E-state index contributed by atoms with van der Waals surface area (Å²) in [4.78, 5) is 0.180. The standard InChI is InChI=1S/C16H27N3O4S2/c1-3-18(4-2)25(22,23)17-14-15-10-6-7-11-16(15)24(20,21)19-12-8-5-9-13-19/h6-7,10-11,17H,3-5,8-9,12-14H2,1-2H3. The van der Waals surface area contributed by atoms with Gasteiger partial charge in [-0.05, 0) is 24.5 Å². The van der Waals surface area contributed by atoms with Gasteiger partial charge in [0.2, 0.25) is 10.0 Å². The fourth-order valence-corrected chi connectivity index (χ4v) is 5.91. The maximum absolute atomic E-state index is 12.9. The molecule has 9 heteroatoms. The molecule has 0 unspecified atom stereocenters. The molecule has 1 saturated heterocycles.